The van der Waals surface area contributed by atoms with E-state index in [1.54, 1.807) is 0 Å². The Hall–Kier alpha value is -1.35. The standard InChI is InChI=1S/C16H26N2O/c1-6-12-9-7-8-10-13(12)11-18-14(19)15(2,3)16(4,5)17/h7-10H,6,11,17H2,1-5H3,(H,18,19). The van der Waals surface area contributed by atoms with E-state index in [9.17, 15) is 4.79 Å². The fourth-order valence-corrected chi connectivity index (χ4v) is 1.76. The summed E-state index contributed by atoms with van der Waals surface area (Å²) in [6, 6.07) is 8.18. The first-order chi connectivity index (χ1) is 8.70. The number of rotatable bonds is 5. The Labute approximate surface area is 116 Å². The maximum atomic E-state index is 12.3. The van der Waals surface area contributed by atoms with Gasteiger partial charge in [-0.3, -0.25) is 4.79 Å². The first-order valence-corrected chi connectivity index (χ1v) is 6.84. The number of amides is 1. The van der Waals surface area contributed by atoms with Gasteiger partial charge >= 0.3 is 0 Å². The molecular formula is C16H26N2O. The fourth-order valence-electron chi connectivity index (χ4n) is 1.76. The molecule has 0 spiro atoms. The third kappa shape index (κ3) is 3.57. The van der Waals surface area contributed by atoms with Crippen LogP contribution in [0.2, 0.25) is 0 Å². The van der Waals surface area contributed by atoms with Crippen LogP contribution in [0.25, 0.3) is 0 Å². The highest BCUT2D eigenvalue weighted by Crippen LogP contribution is 2.28. The van der Waals surface area contributed by atoms with Gasteiger partial charge in [0.05, 0.1) is 5.41 Å². The molecule has 1 aromatic carbocycles. The Balaban J connectivity index is 2.75. The molecule has 1 rings (SSSR count). The van der Waals surface area contributed by atoms with Crippen LogP contribution in [0, 0.1) is 5.41 Å². The molecule has 0 aromatic heterocycles. The summed E-state index contributed by atoms with van der Waals surface area (Å²) in [7, 11) is 0. The van der Waals surface area contributed by atoms with E-state index in [2.05, 4.69) is 24.4 Å². The molecule has 0 unspecified atom stereocenters. The summed E-state index contributed by atoms with van der Waals surface area (Å²) in [5, 5.41) is 3.00. The smallest absolute Gasteiger partial charge is 0.227 e. The minimum Gasteiger partial charge on any atom is -0.351 e. The van der Waals surface area contributed by atoms with Gasteiger partial charge in [0.1, 0.15) is 0 Å². The molecule has 1 aromatic rings. The van der Waals surface area contributed by atoms with Crippen LogP contribution < -0.4 is 11.1 Å². The van der Waals surface area contributed by atoms with E-state index in [1.165, 1.54) is 11.1 Å². The molecule has 1 amide bonds. The highest BCUT2D eigenvalue weighted by atomic mass is 16.2. The lowest BCUT2D eigenvalue weighted by Crippen LogP contribution is -2.55. The van der Waals surface area contributed by atoms with Gasteiger partial charge in [0.25, 0.3) is 0 Å². The van der Waals surface area contributed by atoms with Crippen molar-refractivity contribution in [3.05, 3.63) is 35.4 Å². The Kier molecular flexibility index (Phi) is 4.75. The van der Waals surface area contributed by atoms with E-state index in [4.69, 9.17) is 5.73 Å². The molecule has 0 heterocycles. The van der Waals surface area contributed by atoms with E-state index in [0.717, 1.165) is 6.42 Å². The summed E-state index contributed by atoms with van der Waals surface area (Å²) in [5.41, 5.74) is 7.36. The fraction of sp³-hybridized carbons (Fsp3) is 0.562. The number of hydrogen-bond acceptors (Lipinski definition) is 2. The molecule has 0 fully saturated rings. The maximum absolute atomic E-state index is 12.3. The Morgan fingerprint density at radius 3 is 2.16 bits per heavy atom. The largest absolute Gasteiger partial charge is 0.351 e. The molecule has 0 aliphatic heterocycles. The van der Waals surface area contributed by atoms with Crippen LogP contribution in [-0.2, 0) is 17.8 Å². The van der Waals surface area contributed by atoms with Gasteiger partial charge in [0.15, 0.2) is 0 Å². The lowest BCUT2D eigenvalue weighted by molar-refractivity contribution is -0.132. The second-order valence-corrected chi connectivity index (χ2v) is 6.15. The van der Waals surface area contributed by atoms with Crippen LogP contribution in [0.1, 0.15) is 45.7 Å². The van der Waals surface area contributed by atoms with Crippen molar-refractivity contribution in [1.82, 2.24) is 5.32 Å². The summed E-state index contributed by atoms with van der Waals surface area (Å²) >= 11 is 0. The first kappa shape index (κ1) is 15.7. The van der Waals surface area contributed by atoms with Crippen molar-refractivity contribution in [1.29, 1.82) is 0 Å². The van der Waals surface area contributed by atoms with Crippen LogP contribution in [-0.4, -0.2) is 11.4 Å². The van der Waals surface area contributed by atoms with Crippen molar-refractivity contribution in [2.75, 3.05) is 0 Å². The topological polar surface area (TPSA) is 55.1 Å². The van der Waals surface area contributed by atoms with E-state index in [1.807, 2.05) is 39.8 Å². The highest BCUT2D eigenvalue weighted by molar-refractivity contribution is 5.83. The quantitative estimate of drug-likeness (QED) is 0.857. The molecule has 0 saturated heterocycles. The number of hydrogen-bond donors (Lipinski definition) is 2. The van der Waals surface area contributed by atoms with Gasteiger partial charge < -0.3 is 11.1 Å². The van der Waals surface area contributed by atoms with Crippen molar-refractivity contribution < 1.29 is 4.79 Å². The van der Waals surface area contributed by atoms with Gasteiger partial charge in [-0.05, 0) is 45.2 Å². The van der Waals surface area contributed by atoms with Gasteiger partial charge in [-0.1, -0.05) is 31.2 Å². The lowest BCUT2D eigenvalue weighted by atomic mass is 9.74. The average molecular weight is 262 g/mol. The third-order valence-corrected chi connectivity index (χ3v) is 4.12. The van der Waals surface area contributed by atoms with Crippen LogP contribution in [0.15, 0.2) is 24.3 Å². The molecule has 0 radical (unpaired) electrons. The molecule has 0 saturated carbocycles. The summed E-state index contributed by atoms with van der Waals surface area (Å²) in [6.45, 7) is 10.2. The van der Waals surface area contributed by atoms with Crippen LogP contribution in [0.4, 0.5) is 0 Å². The molecule has 3 heteroatoms. The SMILES string of the molecule is CCc1ccccc1CNC(=O)C(C)(C)C(C)(C)N. The van der Waals surface area contributed by atoms with Gasteiger partial charge in [-0.15, -0.1) is 0 Å². The lowest BCUT2D eigenvalue weighted by Gasteiger charge is -2.37. The number of nitrogens with one attached hydrogen (secondary N) is 1. The zero-order chi connectivity index (χ0) is 14.7. The van der Waals surface area contributed by atoms with Gasteiger partial charge in [-0.2, -0.15) is 0 Å². The minimum absolute atomic E-state index is 0.00842. The van der Waals surface area contributed by atoms with Crippen molar-refractivity contribution in [2.24, 2.45) is 11.1 Å². The number of carbonyl (C=O) groups is 1. The number of benzene rings is 1. The van der Waals surface area contributed by atoms with Crippen LogP contribution in [0.3, 0.4) is 0 Å². The molecule has 106 valence electrons. The van der Waals surface area contributed by atoms with Crippen LogP contribution >= 0.6 is 0 Å². The second kappa shape index (κ2) is 5.74. The van der Waals surface area contributed by atoms with Crippen molar-refractivity contribution in [3.8, 4) is 0 Å². The van der Waals surface area contributed by atoms with E-state index in [0.29, 0.717) is 6.54 Å². The van der Waals surface area contributed by atoms with Crippen molar-refractivity contribution in [2.45, 2.75) is 53.1 Å². The third-order valence-electron chi connectivity index (χ3n) is 4.12. The first-order valence-electron chi connectivity index (χ1n) is 6.84. The van der Waals surface area contributed by atoms with E-state index in [-0.39, 0.29) is 5.91 Å². The summed E-state index contributed by atoms with van der Waals surface area (Å²) in [4.78, 5) is 12.3. The van der Waals surface area contributed by atoms with E-state index < -0.39 is 11.0 Å². The molecule has 0 aliphatic rings. The molecule has 0 atom stereocenters. The summed E-state index contributed by atoms with van der Waals surface area (Å²) in [6.07, 6.45) is 0.970. The monoisotopic (exact) mass is 262 g/mol. The number of aryl methyl sites for hydroxylation is 1. The maximum Gasteiger partial charge on any atom is 0.227 e. The molecule has 19 heavy (non-hydrogen) atoms. The Morgan fingerprint density at radius 1 is 1.16 bits per heavy atom. The summed E-state index contributed by atoms with van der Waals surface area (Å²) < 4.78 is 0. The van der Waals surface area contributed by atoms with Crippen molar-refractivity contribution >= 4 is 5.91 Å². The molecular weight excluding hydrogens is 236 g/mol. The van der Waals surface area contributed by atoms with Gasteiger partial charge in [-0.25, -0.2) is 0 Å². The predicted molar refractivity (Wildman–Crippen MR) is 79.7 cm³/mol. The number of nitrogens with two attached hydrogens (primary N) is 1. The molecule has 3 N–H and O–H groups in total. The molecule has 3 nitrogen and oxygen atoms in total. The Bertz CT molecular complexity index is 444. The second-order valence-electron chi connectivity index (χ2n) is 6.15. The zero-order valence-electron chi connectivity index (χ0n) is 12.7. The Morgan fingerprint density at radius 2 is 1.68 bits per heavy atom. The summed E-state index contributed by atoms with van der Waals surface area (Å²) in [5.74, 6) is -0.00842. The molecule has 0 bridgehead atoms. The van der Waals surface area contributed by atoms with Crippen LogP contribution in [0.5, 0.6) is 0 Å². The molecule has 0 aliphatic carbocycles. The van der Waals surface area contributed by atoms with E-state index >= 15 is 0 Å². The highest BCUT2D eigenvalue weighted by Gasteiger charge is 2.40. The average Bonchev–Trinajstić information content (AvgIpc) is 2.34. The minimum atomic E-state index is -0.603. The predicted octanol–water partition coefficient (Wildman–Crippen LogP) is 2.63. The number of carbonyl (C=O) groups excluding carboxylic acids is 1. The van der Waals surface area contributed by atoms with Gasteiger partial charge in [0.2, 0.25) is 5.91 Å². The zero-order valence-corrected chi connectivity index (χ0v) is 12.7. The van der Waals surface area contributed by atoms with Crippen molar-refractivity contribution in [3.63, 3.8) is 0 Å². The normalized spacial score (nSPS) is 12.3. The van der Waals surface area contributed by atoms with Gasteiger partial charge in [0, 0.05) is 12.1 Å².